The van der Waals surface area contributed by atoms with E-state index in [1.807, 2.05) is 0 Å². The Morgan fingerprint density at radius 3 is 2.13 bits per heavy atom. The highest BCUT2D eigenvalue weighted by Gasteiger charge is 2.15. The summed E-state index contributed by atoms with van der Waals surface area (Å²) in [5, 5.41) is 4.25. The van der Waals surface area contributed by atoms with Crippen molar-refractivity contribution < 1.29 is 4.79 Å². The molecule has 0 aliphatic carbocycles. The van der Waals surface area contributed by atoms with Crippen molar-refractivity contribution in [2.75, 3.05) is 0 Å². The van der Waals surface area contributed by atoms with Crippen LogP contribution in [0.15, 0.2) is 24.3 Å². The summed E-state index contributed by atoms with van der Waals surface area (Å²) in [5.74, 6) is 0.0178. The number of amides is 1. The molecule has 0 aromatic heterocycles. The third kappa shape index (κ3) is 3.87. The Bertz CT molecular complexity index is 338. The first-order chi connectivity index (χ1) is 6.89. The summed E-state index contributed by atoms with van der Waals surface area (Å²) in [4.78, 5) is 10.7. The molecule has 2 nitrogen and oxygen atoms in total. The van der Waals surface area contributed by atoms with Crippen molar-refractivity contribution >= 4 is 19.2 Å². The van der Waals surface area contributed by atoms with Gasteiger partial charge in [-0.25, -0.2) is 0 Å². The molecule has 0 atom stereocenters. The number of carbonyl (C=O) groups excluding carboxylic acids is 1. The molecule has 0 aliphatic rings. The SMILES string of the molecule is CC(=O)NCc1ccc([Si](C)(C)C)cc1. The van der Waals surface area contributed by atoms with Gasteiger partial charge in [0.05, 0.1) is 8.07 Å². The van der Waals surface area contributed by atoms with Crippen LogP contribution in [-0.4, -0.2) is 14.0 Å². The average Bonchev–Trinajstić information content (AvgIpc) is 2.14. The van der Waals surface area contributed by atoms with Crippen LogP contribution in [0.2, 0.25) is 19.6 Å². The second kappa shape index (κ2) is 4.62. The highest BCUT2D eigenvalue weighted by atomic mass is 28.3. The lowest BCUT2D eigenvalue weighted by Crippen LogP contribution is -2.37. The smallest absolute Gasteiger partial charge is 0.217 e. The second-order valence-electron chi connectivity index (χ2n) is 4.86. The fourth-order valence-electron chi connectivity index (χ4n) is 1.35. The fourth-order valence-corrected chi connectivity index (χ4v) is 2.52. The molecule has 0 bridgehead atoms. The van der Waals surface area contributed by atoms with Crippen molar-refractivity contribution in [1.29, 1.82) is 0 Å². The van der Waals surface area contributed by atoms with Gasteiger partial charge in [0.25, 0.3) is 0 Å². The van der Waals surface area contributed by atoms with Crippen LogP contribution in [0.3, 0.4) is 0 Å². The quantitative estimate of drug-likeness (QED) is 0.776. The van der Waals surface area contributed by atoms with Crippen LogP contribution in [0.25, 0.3) is 0 Å². The van der Waals surface area contributed by atoms with E-state index >= 15 is 0 Å². The highest BCUT2D eigenvalue weighted by molar-refractivity contribution is 6.88. The van der Waals surface area contributed by atoms with Crippen molar-refractivity contribution in [3.63, 3.8) is 0 Å². The number of rotatable bonds is 3. The molecule has 0 aliphatic heterocycles. The van der Waals surface area contributed by atoms with Gasteiger partial charge in [-0.3, -0.25) is 4.79 Å². The highest BCUT2D eigenvalue weighted by Crippen LogP contribution is 2.04. The molecule has 1 amide bonds. The third-order valence-electron chi connectivity index (χ3n) is 2.36. The Labute approximate surface area is 92.7 Å². The fraction of sp³-hybridized carbons (Fsp3) is 0.417. The molecular weight excluding hydrogens is 202 g/mol. The van der Waals surface area contributed by atoms with Crippen molar-refractivity contribution in [1.82, 2.24) is 5.32 Å². The molecule has 0 saturated heterocycles. The Morgan fingerprint density at radius 1 is 1.20 bits per heavy atom. The lowest BCUT2D eigenvalue weighted by Gasteiger charge is -2.16. The number of nitrogens with one attached hydrogen (secondary N) is 1. The van der Waals surface area contributed by atoms with E-state index < -0.39 is 8.07 Å². The van der Waals surface area contributed by atoms with Gasteiger partial charge in [-0.05, 0) is 5.56 Å². The van der Waals surface area contributed by atoms with Gasteiger partial charge < -0.3 is 5.32 Å². The predicted octanol–water partition coefficient (Wildman–Crippen LogP) is 1.87. The van der Waals surface area contributed by atoms with Crippen LogP contribution >= 0.6 is 0 Å². The number of hydrogen-bond acceptors (Lipinski definition) is 1. The van der Waals surface area contributed by atoms with E-state index in [1.54, 1.807) is 0 Å². The summed E-state index contributed by atoms with van der Waals surface area (Å²) in [6, 6.07) is 8.57. The molecule has 82 valence electrons. The normalized spacial score (nSPS) is 11.2. The second-order valence-corrected chi connectivity index (χ2v) is 9.93. The van der Waals surface area contributed by atoms with Gasteiger partial charge >= 0.3 is 0 Å². The zero-order valence-electron chi connectivity index (χ0n) is 9.92. The molecule has 15 heavy (non-hydrogen) atoms. The molecule has 1 rings (SSSR count). The van der Waals surface area contributed by atoms with Crippen molar-refractivity contribution in [3.8, 4) is 0 Å². The first-order valence-corrected chi connectivity index (χ1v) is 8.73. The van der Waals surface area contributed by atoms with Gasteiger partial charge in [0.1, 0.15) is 0 Å². The summed E-state index contributed by atoms with van der Waals surface area (Å²) in [6.45, 7) is 9.15. The van der Waals surface area contributed by atoms with Crippen LogP contribution < -0.4 is 10.5 Å². The third-order valence-corrected chi connectivity index (χ3v) is 4.43. The van der Waals surface area contributed by atoms with Crippen LogP contribution in [0.4, 0.5) is 0 Å². The van der Waals surface area contributed by atoms with E-state index in [0.717, 1.165) is 5.56 Å². The minimum absolute atomic E-state index is 0.0178. The predicted molar refractivity (Wildman–Crippen MR) is 66.9 cm³/mol. The van der Waals surface area contributed by atoms with Gasteiger partial charge in [-0.1, -0.05) is 49.1 Å². The Kier molecular flexibility index (Phi) is 3.69. The van der Waals surface area contributed by atoms with Gasteiger partial charge in [0, 0.05) is 13.5 Å². The zero-order valence-corrected chi connectivity index (χ0v) is 10.9. The van der Waals surface area contributed by atoms with Gasteiger partial charge in [0.15, 0.2) is 0 Å². The molecule has 0 heterocycles. The largest absolute Gasteiger partial charge is 0.352 e. The number of hydrogen-bond donors (Lipinski definition) is 1. The first-order valence-electron chi connectivity index (χ1n) is 5.23. The van der Waals surface area contributed by atoms with Gasteiger partial charge in [-0.2, -0.15) is 0 Å². The van der Waals surface area contributed by atoms with E-state index in [9.17, 15) is 4.79 Å². The van der Waals surface area contributed by atoms with E-state index in [2.05, 4.69) is 49.2 Å². The molecule has 1 aromatic carbocycles. The van der Waals surface area contributed by atoms with Gasteiger partial charge in [-0.15, -0.1) is 0 Å². The molecule has 0 radical (unpaired) electrons. The summed E-state index contributed by atoms with van der Waals surface area (Å²) in [7, 11) is -1.19. The Balaban J connectivity index is 2.69. The molecule has 1 aromatic rings. The summed E-state index contributed by atoms with van der Waals surface area (Å²) in [5.41, 5.74) is 1.16. The molecule has 0 fully saturated rings. The Hall–Kier alpha value is -1.09. The topological polar surface area (TPSA) is 29.1 Å². The summed E-state index contributed by atoms with van der Waals surface area (Å²) < 4.78 is 0. The average molecular weight is 221 g/mol. The maximum absolute atomic E-state index is 10.7. The Morgan fingerprint density at radius 2 is 1.73 bits per heavy atom. The van der Waals surface area contributed by atoms with E-state index in [4.69, 9.17) is 0 Å². The van der Waals surface area contributed by atoms with Gasteiger partial charge in [0.2, 0.25) is 5.91 Å². The summed E-state index contributed by atoms with van der Waals surface area (Å²) >= 11 is 0. The van der Waals surface area contributed by atoms with Crippen LogP contribution in [0.5, 0.6) is 0 Å². The van der Waals surface area contributed by atoms with Crippen LogP contribution in [0, 0.1) is 0 Å². The van der Waals surface area contributed by atoms with Crippen LogP contribution in [-0.2, 0) is 11.3 Å². The minimum atomic E-state index is -1.19. The maximum atomic E-state index is 10.7. The maximum Gasteiger partial charge on any atom is 0.217 e. The first kappa shape index (κ1) is 12.0. The van der Waals surface area contributed by atoms with E-state index in [1.165, 1.54) is 12.1 Å². The van der Waals surface area contributed by atoms with E-state index in [0.29, 0.717) is 6.54 Å². The standard InChI is InChI=1S/C12H19NOSi/c1-10(14)13-9-11-5-7-12(8-6-11)15(2,3)4/h5-8H,9H2,1-4H3,(H,13,14). The molecular formula is C12H19NOSi. The zero-order chi connectivity index (χ0) is 11.5. The molecule has 0 spiro atoms. The van der Waals surface area contributed by atoms with Crippen molar-refractivity contribution in [3.05, 3.63) is 29.8 Å². The lowest BCUT2D eigenvalue weighted by atomic mass is 10.2. The monoisotopic (exact) mass is 221 g/mol. The minimum Gasteiger partial charge on any atom is -0.352 e. The lowest BCUT2D eigenvalue weighted by molar-refractivity contribution is -0.119. The molecule has 3 heteroatoms. The van der Waals surface area contributed by atoms with E-state index in [-0.39, 0.29) is 5.91 Å². The molecule has 1 N–H and O–H groups in total. The molecule has 0 unspecified atom stereocenters. The number of carbonyl (C=O) groups is 1. The van der Waals surface area contributed by atoms with Crippen LogP contribution in [0.1, 0.15) is 12.5 Å². The molecule has 0 saturated carbocycles. The van der Waals surface area contributed by atoms with Crippen molar-refractivity contribution in [2.24, 2.45) is 0 Å². The number of benzene rings is 1. The van der Waals surface area contributed by atoms with Crippen molar-refractivity contribution in [2.45, 2.75) is 33.1 Å². The summed E-state index contributed by atoms with van der Waals surface area (Å²) in [6.07, 6.45) is 0.